The van der Waals surface area contributed by atoms with E-state index in [0.717, 1.165) is 22.4 Å². The molecule has 2 aromatic rings. The predicted molar refractivity (Wildman–Crippen MR) is 75.6 cm³/mol. The number of pyridine rings is 1. The van der Waals surface area contributed by atoms with Gasteiger partial charge in [-0.2, -0.15) is 4.98 Å². The Morgan fingerprint density at radius 1 is 1.44 bits per heavy atom. The molecule has 0 bridgehead atoms. The summed E-state index contributed by atoms with van der Waals surface area (Å²) in [4.78, 5) is 7.69. The zero-order valence-electron chi connectivity index (χ0n) is 11.2. The van der Waals surface area contributed by atoms with Crippen molar-refractivity contribution in [2.75, 3.05) is 7.11 Å². The van der Waals surface area contributed by atoms with Gasteiger partial charge < -0.3 is 9.72 Å². The molecule has 0 saturated carbocycles. The SMILES string of the molecule is CCC(C)C(C)n1c(=S)[nH]c2ccc(OC)nc21. The van der Waals surface area contributed by atoms with E-state index >= 15 is 0 Å². The zero-order chi connectivity index (χ0) is 13.3. The van der Waals surface area contributed by atoms with Gasteiger partial charge in [0.2, 0.25) is 5.88 Å². The van der Waals surface area contributed by atoms with E-state index < -0.39 is 0 Å². The Labute approximate surface area is 112 Å². The lowest BCUT2D eigenvalue weighted by molar-refractivity contribution is 0.370. The summed E-state index contributed by atoms with van der Waals surface area (Å²) in [6.07, 6.45) is 1.11. The van der Waals surface area contributed by atoms with Crippen molar-refractivity contribution in [3.05, 3.63) is 16.9 Å². The maximum atomic E-state index is 5.40. The fourth-order valence-electron chi connectivity index (χ4n) is 2.07. The van der Waals surface area contributed by atoms with Gasteiger partial charge in [-0.1, -0.05) is 20.3 Å². The Hall–Kier alpha value is -1.36. The van der Waals surface area contributed by atoms with Crippen LogP contribution in [-0.2, 0) is 0 Å². The van der Waals surface area contributed by atoms with Crippen LogP contribution in [0.3, 0.4) is 0 Å². The van der Waals surface area contributed by atoms with Gasteiger partial charge in [0.15, 0.2) is 10.4 Å². The fraction of sp³-hybridized carbons (Fsp3) is 0.538. The lowest BCUT2D eigenvalue weighted by atomic mass is 10.0. The Bertz CT molecular complexity index is 602. The monoisotopic (exact) mass is 265 g/mol. The molecule has 0 aliphatic carbocycles. The van der Waals surface area contributed by atoms with Gasteiger partial charge in [-0.3, -0.25) is 4.57 Å². The zero-order valence-corrected chi connectivity index (χ0v) is 12.0. The van der Waals surface area contributed by atoms with Gasteiger partial charge in [-0.25, -0.2) is 0 Å². The number of aromatic amines is 1. The topological polar surface area (TPSA) is 42.8 Å². The molecule has 5 heteroatoms. The summed E-state index contributed by atoms with van der Waals surface area (Å²) in [5.41, 5.74) is 1.82. The number of hydrogen-bond donors (Lipinski definition) is 1. The molecular formula is C13H19N3OS. The summed E-state index contributed by atoms with van der Waals surface area (Å²) in [6.45, 7) is 6.59. The van der Waals surface area contributed by atoms with Crippen LogP contribution in [-0.4, -0.2) is 21.6 Å². The first-order valence-electron chi connectivity index (χ1n) is 6.23. The minimum Gasteiger partial charge on any atom is -0.481 e. The number of hydrogen-bond acceptors (Lipinski definition) is 3. The summed E-state index contributed by atoms with van der Waals surface area (Å²) in [5.74, 6) is 1.16. The lowest BCUT2D eigenvalue weighted by Crippen LogP contribution is -2.14. The molecular weight excluding hydrogens is 246 g/mol. The number of fused-ring (bicyclic) bond motifs is 1. The van der Waals surface area contributed by atoms with Gasteiger partial charge in [0.25, 0.3) is 0 Å². The van der Waals surface area contributed by atoms with Crippen LogP contribution in [0.2, 0.25) is 0 Å². The highest BCUT2D eigenvalue weighted by Gasteiger charge is 2.17. The van der Waals surface area contributed by atoms with Gasteiger partial charge in [0.1, 0.15) is 0 Å². The molecule has 2 unspecified atom stereocenters. The maximum absolute atomic E-state index is 5.40. The van der Waals surface area contributed by atoms with E-state index in [9.17, 15) is 0 Å². The Balaban J connectivity index is 2.61. The largest absolute Gasteiger partial charge is 0.481 e. The molecule has 2 heterocycles. The van der Waals surface area contributed by atoms with Gasteiger partial charge >= 0.3 is 0 Å². The molecule has 0 spiro atoms. The Morgan fingerprint density at radius 3 is 2.78 bits per heavy atom. The molecule has 0 saturated heterocycles. The van der Waals surface area contributed by atoms with E-state index in [2.05, 4.69) is 35.3 Å². The normalized spacial score (nSPS) is 14.7. The van der Waals surface area contributed by atoms with E-state index in [1.165, 1.54) is 0 Å². The first-order chi connectivity index (χ1) is 8.58. The van der Waals surface area contributed by atoms with Crippen LogP contribution in [0.5, 0.6) is 5.88 Å². The highest BCUT2D eigenvalue weighted by molar-refractivity contribution is 7.71. The number of nitrogens with one attached hydrogen (secondary N) is 1. The number of ether oxygens (including phenoxy) is 1. The van der Waals surface area contributed by atoms with E-state index in [0.29, 0.717) is 17.8 Å². The van der Waals surface area contributed by atoms with Crippen molar-refractivity contribution < 1.29 is 4.74 Å². The molecule has 0 amide bonds. The summed E-state index contributed by atoms with van der Waals surface area (Å²) in [6, 6.07) is 4.11. The molecule has 2 rings (SSSR count). The molecule has 0 aliphatic heterocycles. The second kappa shape index (κ2) is 5.10. The quantitative estimate of drug-likeness (QED) is 0.857. The van der Waals surface area contributed by atoms with Crippen LogP contribution in [0.4, 0.5) is 0 Å². The summed E-state index contributed by atoms with van der Waals surface area (Å²) < 4.78 is 7.99. The van der Waals surface area contributed by atoms with Crippen LogP contribution in [0.1, 0.15) is 33.2 Å². The predicted octanol–water partition coefficient (Wildman–Crippen LogP) is 3.71. The second-order valence-electron chi connectivity index (χ2n) is 4.65. The first-order valence-corrected chi connectivity index (χ1v) is 6.64. The van der Waals surface area contributed by atoms with Crippen molar-refractivity contribution in [2.24, 2.45) is 5.92 Å². The average molecular weight is 265 g/mol. The number of imidazole rings is 1. The van der Waals surface area contributed by atoms with Crippen LogP contribution in [0.15, 0.2) is 12.1 Å². The highest BCUT2D eigenvalue weighted by atomic mass is 32.1. The number of methoxy groups -OCH3 is 1. The van der Waals surface area contributed by atoms with Crippen LogP contribution < -0.4 is 4.74 Å². The minimum atomic E-state index is 0.316. The third-order valence-electron chi connectivity index (χ3n) is 3.62. The van der Waals surface area contributed by atoms with E-state index in [4.69, 9.17) is 17.0 Å². The van der Waals surface area contributed by atoms with Crippen LogP contribution >= 0.6 is 12.2 Å². The standard InChI is InChI=1S/C13H19N3OS/c1-5-8(2)9(3)16-12-10(14-13(16)18)6-7-11(15-12)17-4/h6-9H,5H2,1-4H3,(H,14,18). The molecule has 18 heavy (non-hydrogen) atoms. The number of aromatic nitrogens is 3. The number of nitrogens with zero attached hydrogens (tertiary/aromatic N) is 2. The third-order valence-corrected chi connectivity index (χ3v) is 3.92. The van der Waals surface area contributed by atoms with Gasteiger partial charge in [-0.15, -0.1) is 0 Å². The first kappa shape index (κ1) is 13.1. The average Bonchev–Trinajstić information content (AvgIpc) is 2.71. The molecule has 1 N–H and O–H groups in total. The second-order valence-corrected chi connectivity index (χ2v) is 5.04. The smallest absolute Gasteiger partial charge is 0.215 e. The van der Waals surface area contributed by atoms with Crippen LogP contribution in [0.25, 0.3) is 11.2 Å². The minimum absolute atomic E-state index is 0.316. The Kier molecular flexibility index (Phi) is 3.71. The highest BCUT2D eigenvalue weighted by Crippen LogP contribution is 2.26. The third kappa shape index (κ3) is 2.14. The van der Waals surface area contributed by atoms with Crippen molar-refractivity contribution in [1.82, 2.24) is 14.5 Å². The van der Waals surface area contributed by atoms with Crippen molar-refractivity contribution in [2.45, 2.75) is 33.2 Å². The Morgan fingerprint density at radius 2 is 2.17 bits per heavy atom. The van der Waals surface area contributed by atoms with E-state index in [1.54, 1.807) is 7.11 Å². The molecule has 2 atom stereocenters. The van der Waals surface area contributed by atoms with Crippen molar-refractivity contribution in [3.63, 3.8) is 0 Å². The van der Waals surface area contributed by atoms with E-state index in [-0.39, 0.29) is 0 Å². The van der Waals surface area contributed by atoms with Crippen molar-refractivity contribution in [1.29, 1.82) is 0 Å². The summed E-state index contributed by atoms with van der Waals surface area (Å²) in [7, 11) is 1.62. The molecule has 0 aliphatic rings. The molecule has 0 radical (unpaired) electrons. The lowest BCUT2D eigenvalue weighted by Gasteiger charge is -2.20. The van der Waals surface area contributed by atoms with E-state index in [1.807, 2.05) is 12.1 Å². The fourth-order valence-corrected chi connectivity index (χ4v) is 2.43. The number of H-pyrrole nitrogens is 1. The van der Waals surface area contributed by atoms with Gasteiger partial charge in [-0.05, 0) is 31.1 Å². The summed E-state index contributed by atoms with van der Waals surface area (Å²) in [5, 5.41) is 0. The molecule has 4 nitrogen and oxygen atoms in total. The van der Waals surface area contributed by atoms with Crippen LogP contribution in [0, 0.1) is 10.7 Å². The van der Waals surface area contributed by atoms with Gasteiger partial charge in [0, 0.05) is 12.1 Å². The van der Waals surface area contributed by atoms with Gasteiger partial charge in [0.05, 0.1) is 12.6 Å². The molecule has 2 aromatic heterocycles. The maximum Gasteiger partial charge on any atom is 0.215 e. The molecule has 98 valence electrons. The van der Waals surface area contributed by atoms with Crippen molar-refractivity contribution >= 4 is 23.4 Å². The molecule has 0 aromatic carbocycles. The summed E-state index contributed by atoms with van der Waals surface area (Å²) >= 11 is 5.40. The molecule has 0 fully saturated rings. The number of rotatable bonds is 4. The van der Waals surface area contributed by atoms with Crippen molar-refractivity contribution in [3.8, 4) is 5.88 Å².